The fourth-order valence-corrected chi connectivity index (χ4v) is 3.94. The van der Waals surface area contributed by atoms with Crippen LogP contribution in [-0.2, 0) is 4.79 Å². The van der Waals surface area contributed by atoms with Crippen molar-refractivity contribution in [3.63, 3.8) is 0 Å². The minimum atomic E-state index is -0.850. The molecule has 1 aliphatic rings. The average molecular weight is 408 g/mol. The van der Waals surface area contributed by atoms with E-state index in [4.69, 9.17) is 0 Å². The number of carbonyl (C=O) groups is 2. The molecule has 3 aromatic rings. The molecule has 9 heteroatoms. The van der Waals surface area contributed by atoms with Crippen LogP contribution in [0.15, 0.2) is 36.4 Å². The summed E-state index contributed by atoms with van der Waals surface area (Å²) in [7, 11) is 0. The minimum absolute atomic E-state index is 0.155. The summed E-state index contributed by atoms with van der Waals surface area (Å²) in [5, 5.41) is 23.2. The molecule has 1 unspecified atom stereocenters. The number of aryl methyl sites for hydroxylation is 1. The van der Waals surface area contributed by atoms with Gasteiger partial charge in [0.25, 0.3) is 0 Å². The van der Waals surface area contributed by atoms with E-state index >= 15 is 0 Å². The molecule has 0 aliphatic carbocycles. The van der Waals surface area contributed by atoms with Crippen LogP contribution in [0, 0.1) is 6.92 Å². The lowest BCUT2D eigenvalue weighted by atomic mass is 10.1. The van der Waals surface area contributed by atoms with Crippen molar-refractivity contribution in [1.29, 1.82) is 0 Å². The van der Waals surface area contributed by atoms with Crippen LogP contribution in [0.2, 0.25) is 0 Å². The summed E-state index contributed by atoms with van der Waals surface area (Å²) in [6, 6.07) is 10.3. The molecule has 9 nitrogen and oxygen atoms in total. The lowest BCUT2D eigenvalue weighted by Crippen LogP contribution is -2.36. The Morgan fingerprint density at radius 2 is 2.07 bits per heavy atom. The van der Waals surface area contributed by atoms with Crippen LogP contribution >= 0.6 is 0 Å². The van der Waals surface area contributed by atoms with Gasteiger partial charge in [0.1, 0.15) is 11.9 Å². The van der Waals surface area contributed by atoms with E-state index in [0.29, 0.717) is 35.8 Å². The summed E-state index contributed by atoms with van der Waals surface area (Å²) >= 11 is 0. The molecule has 0 bridgehead atoms. The summed E-state index contributed by atoms with van der Waals surface area (Å²) in [6.07, 6.45) is 1.40. The van der Waals surface area contributed by atoms with Gasteiger partial charge in [-0.3, -0.25) is 10.4 Å². The molecule has 3 heterocycles. The van der Waals surface area contributed by atoms with Gasteiger partial charge in [0.15, 0.2) is 5.82 Å². The quantitative estimate of drug-likeness (QED) is 0.514. The fraction of sp³-hybridized carbons (Fsp3) is 0.333. The maximum Gasteiger partial charge on any atom is 0.326 e. The SMILES string of the molecule is Cc1nc(NC(=O)N[C@H](C)c2ccccc2)cc2[nH]nc(N3CCCC3C(=O)O)c12. The van der Waals surface area contributed by atoms with E-state index in [0.717, 1.165) is 17.4 Å². The average Bonchev–Trinajstić information content (AvgIpc) is 3.35. The maximum absolute atomic E-state index is 12.4. The number of amides is 2. The van der Waals surface area contributed by atoms with Gasteiger partial charge in [0.05, 0.1) is 22.6 Å². The molecule has 156 valence electrons. The Labute approximate surface area is 173 Å². The van der Waals surface area contributed by atoms with E-state index in [1.807, 2.05) is 44.2 Å². The van der Waals surface area contributed by atoms with Crippen LogP contribution in [0.25, 0.3) is 10.9 Å². The third-order valence-electron chi connectivity index (χ3n) is 5.40. The molecule has 1 aromatic carbocycles. The predicted molar refractivity (Wildman–Crippen MR) is 114 cm³/mol. The van der Waals surface area contributed by atoms with Crippen molar-refractivity contribution in [2.45, 2.75) is 38.8 Å². The molecular formula is C21H24N6O3. The number of carbonyl (C=O) groups excluding carboxylic acids is 1. The Morgan fingerprint density at radius 3 is 2.80 bits per heavy atom. The first-order chi connectivity index (χ1) is 14.4. The van der Waals surface area contributed by atoms with Crippen LogP contribution in [0.4, 0.5) is 16.4 Å². The van der Waals surface area contributed by atoms with Crippen molar-refractivity contribution >= 4 is 34.5 Å². The second-order valence-corrected chi connectivity index (χ2v) is 7.48. The number of carboxylic acids is 1. The monoisotopic (exact) mass is 408 g/mol. The van der Waals surface area contributed by atoms with Crippen molar-refractivity contribution in [2.75, 3.05) is 16.8 Å². The van der Waals surface area contributed by atoms with Gasteiger partial charge in [-0.2, -0.15) is 5.10 Å². The zero-order valence-corrected chi connectivity index (χ0v) is 16.8. The van der Waals surface area contributed by atoms with Crippen molar-refractivity contribution in [1.82, 2.24) is 20.5 Å². The number of benzene rings is 1. The number of pyridine rings is 1. The van der Waals surface area contributed by atoms with Crippen molar-refractivity contribution < 1.29 is 14.7 Å². The molecule has 1 aliphatic heterocycles. The van der Waals surface area contributed by atoms with Crippen molar-refractivity contribution in [3.8, 4) is 0 Å². The topological polar surface area (TPSA) is 123 Å². The predicted octanol–water partition coefficient (Wildman–Crippen LogP) is 3.20. The zero-order valence-electron chi connectivity index (χ0n) is 16.8. The molecule has 4 N–H and O–H groups in total. The number of aliphatic carboxylic acids is 1. The molecule has 2 amide bonds. The Balaban J connectivity index is 1.53. The Kier molecular flexibility index (Phi) is 5.26. The van der Waals surface area contributed by atoms with Crippen LogP contribution in [0.3, 0.4) is 0 Å². The molecule has 2 atom stereocenters. The highest BCUT2D eigenvalue weighted by Crippen LogP contribution is 2.32. The number of hydrogen-bond donors (Lipinski definition) is 4. The van der Waals surface area contributed by atoms with Gasteiger partial charge in [-0.05, 0) is 32.3 Å². The third-order valence-corrected chi connectivity index (χ3v) is 5.40. The van der Waals surface area contributed by atoms with Crippen LogP contribution < -0.4 is 15.5 Å². The molecule has 1 fully saturated rings. The maximum atomic E-state index is 12.4. The number of aromatic nitrogens is 3. The van der Waals surface area contributed by atoms with Crippen molar-refractivity contribution in [2.24, 2.45) is 0 Å². The first-order valence-electron chi connectivity index (χ1n) is 9.91. The molecule has 0 spiro atoms. The van der Waals surface area contributed by atoms with Crippen LogP contribution in [0.1, 0.15) is 37.1 Å². The fourth-order valence-electron chi connectivity index (χ4n) is 3.94. The zero-order chi connectivity index (χ0) is 21.3. The first-order valence-corrected chi connectivity index (χ1v) is 9.91. The number of rotatable bonds is 5. The highest BCUT2D eigenvalue weighted by Gasteiger charge is 2.33. The van der Waals surface area contributed by atoms with Gasteiger partial charge in [0, 0.05) is 12.6 Å². The number of nitrogens with zero attached hydrogens (tertiary/aromatic N) is 3. The number of hydrogen-bond acceptors (Lipinski definition) is 5. The highest BCUT2D eigenvalue weighted by atomic mass is 16.4. The van der Waals surface area contributed by atoms with E-state index < -0.39 is 12.0 Å². The number of carboxylic acid groups (broad SMARTS) is 1. The molecule has 1 saturated heterocycles. The molecule has 2 aromatic heterocycles. The molecule has 0 saturated carbocycles. The summed E-state index contributed by atoms with van der Waals surface area (Å²) in [4.78, 5) is 30.3. The molecule has 0 radical (unpaired) electrons. The number of nitrogens with one attached hydrogen (secondary N) is 3. The summed E-state index contributed by atoms with van der Waals surface area (Å²) in [5.41, 5.74) is 2.36. The molecular weight excluding hydrogens is 384 g/mol. The molecule has 30 heavy (non-hydrogen) atoms. The van der Waals surface area contributed by atoms with E-state index in [1.165, 1.54) is 0 Å². The van der Waals surface area contributed by atoms with Gasteiger partial charge in [-0.15, -0.1) is 0 Å². The Morgan fingerprint density at radius 1 is 1.30 bits per heavy atom. The van der Waals surface area contributed by atoms with E-state index in [9.17, 15) is 14.7 Å². The van der Waals surface area contributed by atoms with Crippen LogP contribution in [0.5, 0.6) is 0 Å². The highest BCUT2D eigenvalue weighted by molar-refractivity contribution is 5.97. The lowest BCUT2D eigenvalue weighted by Gasteiger charge is -2.21. The van der Waals surface area contributed by atoms with Gasteiger partial charge in [-0.25, -0.2) is 14.6 Å². The van der Waals surface area contributed by atoms with Gasteiger partial charge >= 0.3 is 12.0 Å². The van der Waals surface area contributed by atoms with Crippen LogP contribution in [-0.4, -0.2) is 44.9 Å². The van der Waals surface area contributed by atoms with Gasteiger partial charge in [-0.1, -0.05) is 30.3 Å². The van der Waals surface area contributed by atoms with Crippen molar-refractivity contribution in [3.05, 3.63) is 47.7 Å². The number of urea groups is 1. The normalized spacial score (nSPS) is 17.1. The minimum Gasteiger partial charge on any atom is -0.480 e. The number of anilines is 2. The third kappa shape index (κ3) is 3.78. The molecule has 4 rings (SSSR count). The summed E-state index contributed by atoms with van der Waals surface area (Å²) in [5.74, 6) is 0.134. The van der Waals surface area contributed by atoms with Gasteiger partial charge < -0.3 is 15.3 Å². The summed E-state index contributed by atoms with van der Waals surface area (Å²) in [6.45, 7) is 4.37. The Hall–Kier alpha value is -3.62. The first kappa shape index (κ1) is 19.7. The summed E-state index contributed by atoms with van der Waals surface area (Å²) < 4.78 is 0. The smallest absolute Gasteiger partial charge is 0.326 e. The second kappa shape index (κ2) is 8.02. The van der Waals surface area contributed by atoms with E-state index in [-0.39, 0.29) is 12.1 Å². The largest absolute Gasteiger partial charge is 0.480 e. The second-order valence-electron chi connectivity index (χ2n) is 7.48. The standard InChI is InChI=1S/C21H24N6O3/c1-12(14-7-4-3-5-8-14)23-21(30)24-17-11-15-18(13(2)22-17)19(26-25-15)27-10-6-9-16(27)20(28)29/h3-5,7-8,11-12,16H,6,9-10H2,1-2H3,(H,25,26)(H,28,29)(H2,22,23,24,30)/t12-,16?/m1/s1. The number of H-pyrrole nitrogens is 1. The van der Waals surface area contributed by atoms with Gasteiger partial charge in [0.2, 0.25) is 0 Å². The Bertz CT molecular complexity index is 1080. The van der Waals surface area contributed by atoms with E-state index in [1.54, 1.807) is 11.0 Å². The van der Waals surface area contributed by atoms with E-state index in [2.05, 4.69) is 25.8 Å². The number of aromatic amines is 1. The lowest BCUT2D eigenvalue weighted by molar-refractivity contribution is -0.138. The number of fused-ring (bicyclic) bond motifs is 1.